The second-order valence-electron chi connectivity index (χ2n) is 3.77. The lowest BCUT2D eigenvalue weighted by atomic mass is 10.0. The molecule has 0 bridgehead atoms. The van der Waals surface area contributed by atoms with Crippen molar-refractivity contribution in [2.24, 2.45) is 0 Å². The molecule has 4 heteroatoms. The third kappa shape index (κ3) is 3.53. The summed E-state index contributed by atoms with van der Waals surface area (Å²) in [4.78, 5) is 0. The van der Waals surface area contributed by atoms with Crippen LogP contribution in [0.2, 0.25) is 0 Å². The van der Waals surface area contributed by atoms with Gasteiger partial charge in [0.25, 0.3) is 0 Å². The van der Waals surface area contributed by atoms with Gasteiger partial charge in [-0.15, -0.1) is 0 Å². The molecule has 0 heterocycles. The van der Waals surface area contributed by atoms with Crippen molar-refractivity contribution in [2.75, 3.05) is 0 Å². The molecule has 1 nitrogen and oxygen atoms in total. The molecule has 84 valence electrons. The lowest BCUT2D eigenvalue weighted by molar-refractivity contribution is 0.182. The minimum Gasteiger partial charge on any atom is -0.384 e. The maximum Gasteiger partial charge on any atom is 0.220 e. The highest BCUT2D eigenvalue weighted by molar-refractivity contribution is 6.68. The standard InChI is InChI=1S/C11H13Cl3O/c1-7(2)8-3-5-9(6-4-8)10(15)11(12,13)14/h3-7,10,15H,1-2H3. The van der Waals surface area contributed by atoms with Crippen LogP contribution in [-0.2, 0) is 0 Å². The summed E-state index contributed by atoms with van der Waals surface area (Å²) in [5.41, 5.74) is 1.80. The van der Waals surface area contributed by atoms with Gasteiger partial charge in [0, 0.05) is 0 Å². The number of alkyl halides is 3. The Hall–Kier alpha value is 0.0500. The molecular weight excluding hydrogens is 254 g/mol. The van der Waals surface area contributed by atoms with Crippen LogP contribution in [0.4, 0.5) is 0 Å². The topological polar surface area (TPSA) is 20.2 Å². The Morgan fingerprint density at radius 3 is 1.73 bits per heavy atom. The molecule has 1 rings (SSSR count). The smallest absolute Gasteiger partial charge is 0.220 e. The average Bonchev–Trinajstić information content (AvgIpc) is 2.15. The van der Waals surface area contributed by atoms with E-state index >= 15 is 0 Å². The van der Waals surface area contributed by atoms with Gasteiger partial charge in [-0.3, -0.25) is 0 Å². The summed E-state index contributed by atoms with van der Waals surface area (Å²) in [7, 11) is 0. The number of halogens is 3. The largest absolute Gasteiger partial charge is 0.384 e. The zero-order chi connectivity index (χ0) is 11.6. The number of hydrogen-bond donors (Lipinski definition) is 1. The third-order valence-electron chi connectivity index (χ3n) is 2.23. The fourth-order valence-electron chi connectivity index (χ4n) is 1.25. The Balaban J connectivity index is 2.89. The van der Waals surface area contributed by atoms with Gasteiger partial charge in [0.1, 0.15) is 6.10 Å². The highest BCUT2D eigenvalue weighted by atomic mass is 35.6. The van der Waals surface area contributed by atoms with Gasteiger partial charge < -0.3 is 5.11 Å². The second-order valence-corrected chi connectivity index (χ2v) is 6.13. The fraction of sp³-hybridized carbons (Fsp3) is 0.455. The number of benzene rings is 1. The number of aliphatic hydroxyl groups is 1. The van der Waals surface area contributed by atoms with E-state index in [0.717, 1.165) is 0 Å². The molecule has 1 N–H and O–H groups in total. The molecule has 15 heavy (non-hydrogen) atoms. The SMILES string of the molecule is CC(C)c1ccc(C(O)C(Cl)(Cl)Cl)cc1. The van der Waals surface area contributed by atoms with E-state index in [-0.39, 0.29) is 0 Å². The van der Waals surface area contributed by atoms with Gasteiger partial charge in [-0.25, -0.2) is 0 Å². The van der Waals surface area contributed by atoms with Gasteiger partial charge in [-0.2, -0.15) is 0 Å². The van der Waals surface area contributed by atoms with Crippen molar-refractivity contribution in [3.05, 3.63) is 35.4 Å². The van der Waals surface area contributed by atoms with E-state index < -0.39 is 9.90 Å². The van der Waals surface area contributed by atoms with Crippen molar-refractivity contribution >= 4 is 34.8 Å². The van der Waals surface area contributed by atoms with Crippen molar-refractivity contribution in [3.63, 3.8) is 0 Å². The van der Waals surface area contributed by atoms with Crippen LogP contribution in [0, 0.1) is 0 Å². The normalized spacial score (nSPS) is 14.3. The van der Waals surface area contributed by atoms with Crippen molar-refractivity contribution in [1.29, 1.82) is 0 Å². The highest BCUT2D eigenvalue weighted by Crippen LogP contribution is 2.39. The van der Waals surface area contributed by atoms with Crippen molar-refractivity contribution in [3.8, 4) is 0 Å². The molecular formula is C11H13Cl3O. The minimum atomic E-state index is -1.68. The summed E-state index contributed by atoms with van der Waals surface area (Å²) in [5, 5.41) is 9.69. The monoisotopic (exact) mass is 266 g/mol. The van der Waals surface area contributed by atoms with Crippen molar-refractivity contribution in [2.45, 2.75) is 29.7 Å². The molecule has 0 fully saturated rings. The van der Waals surface area contributed by atoms with Gasteiger partial charge in [0.05, 0.1) is 0 Å². The predicted octanol–water partition coefficient (Wildman–Crippen LogP) is 4.21. The van der Waals surface area contributed by atoms with Crippen LogP contribution in [-0.4, -0.2) is 8.90 Å². The van der Waals surface area contributed by atoms with Gasteiger partial charge in [0.15, 0.2) is 0 Å². The summed E-state index contributed by atoms with van der Waals surface area (Å²) in [5.74, 6) is 0.448. The molecule has 1 aromatic carbocycles. The highest BCUT2D eigenvalue weighted by Gasteiger charge is 2.31. The van der Waals surface area contributed by atoms with E-state index in [4.69, 9.17) is 34.8 Å². The first-order valence-corrected chi connectivity index (χ1v) is 5.80. The number of aliphatic hydroxyl groups excluding tert-OH is 1. The van der Waals surface area contributed by atoms with Gasteiger partial charge in [0.2, 0.25) is 3.79 Å². The minimum absolute atomic E-state index is 0.448. The molecule has 1 unspecified atom stereocenters. The summed E-state index contributed by atoms with van der Waals surface area (Å²) in [6.07, 6.45) is -1.09. The van der Waals surface area contributed by atoms with E-state index in [0.29, 0.717) is 11.5 Å². The molecule has 0 radical (unpaired) electrons. The molecule has 0 saturated heterocycles. The van der Waals surface area contributed by atoms with Crippen molar-refractivity contribution < 1.29 is 5.11 Å². The zero-order valence-electron chi connectivity index (χ0n) is 8.55. The Kier molecular flexibility index (Phi) is 4.30. The van der Waals surface area contributed by atoms with Crippen LogP contribution >= 0.6 is 34.8 Å². The number of rotatable bonds is 2. The fourth-order valence-corrected chi connectivity index (χ4v) is 1.63. The first-order chi connectivity index (χ1) is 6.82. The average molecular weight is 268 g/mol. The van der Waals surface area contributed by atoms with E-state index in [2.05, 4.69) is 13.8 Å². The Morgan fingerprint density at radius 1 is 1.00 bits per heavy atom. The summed E-state index contributed by atoms with van der Waals surface area (Å²) >= 11 is 16.8. The van der Waals surface area contributed by atoms with Crippen LogP contribution in [0.25, 0.3) is 0 Å². The van der Waals surface area contributed by atoms with Crippen LogP contribution in [0.15, 0.2) is 24.3 Å². The molecule has 0 aliphatic rings. The van der Waals surface area contributed by atoms with Crippen LogP contribution in [0.3, 0.4) is 0 Å². The molecule has 0 saturated carbocycles. The zero-order valence-corrected chi connectivity index (χ0v) is 10.8. The summed E-state index contributed by atoms with van der Waals surface area (Å²) in [6, 6.07) is 7.42. The molecule has 0 spiro atoms. The molecule has 1 atom stereocenters. The van der Waals surface area contributed by atoms with Gasteiger partial charge in [-0.05, 0) is 17.0 Å². The van der Waals surface area contributed by atoms with Crippen LogP contribution in [0.1, 0.15) is 37.0 Å². The second kappa shape index (κ2) is 4.92. The van der Waals surface area contributed by atoms with E-state index in [9.17, 15) is 5.11 Å². The summed E-state index contributed by atoms with van der Waals surface area (Å²) < 4.78 is -1.68. The lowest BCUT2D eigenvalue weighted by Crippen LogP contribution is -2.16. The molecule has 0 aliphatic heterocycles. The van der Waals surface area contributed by atoms with Gasteiger partial charge in [-0.1, -0.05) is 72.9 Å². The van der Waals surface area contributed by atoms with E-state index in [1.54, 1.807) is 12.1 Å². The molecule has 0 amide bonds. The Morgan fingerprint density at radius 2 is 1.40 bits per heavy atom. The van der Waals surface area contributed by atoms with Crippen LogP contribution < -0.4 is 0 Å². The van der Waals surface area contributed by atoms with E-state index in [1.807, 2.05) is 12.1 Å². The van der Waals surface area contributed by atoms with Gasteiger partial charge >= 0.3 is 0 Å². The maximum atomic E-state index is 9.69. The third-order valence-corrected chi connectivity index (χ3v) is 2.85. The quantitative estimate of drug-likeness (QED) is 0.796. The Bertz CT molecular complexity index is 314. The number of hydrogen-bond acceptors (Lipinski definition) is 1. The predicted molar refractivity (Wildman–Crippen MR) is 65.8 cm³/mol. The van der Waals surface area contributed by atoms with Crippen LogP contribution in [0.5, 0.6) is 0 Å². The van der Waals surface area contributed by atoms with E-state index in [1.165, 1.54) is 5.56 Å². The maximum absolute atomic E-state index is 9.69. The molecule has 1 aromatic rings. The first kappa shape index (κ1) is 13.1. The summed E-state index contributed by atoms with van der Waals surface area (Å²) in [6.45, 7) is 4.20. The Labute approximate surface area is 105 Å². The van der Waals surface area contributed by atoms with Crippen molar-refractivity contribution in [1.82, 2.24) is 0 Å². The lowest BCUT2D eigenvalue weighted by Gasteiger charge is -2.19. The molecule has 0 aromatic heterocycles. The molecule has 0 aliphatic carbocycles. The first-order valence-electron chi connectivity index (χ1n) is 4.67.